The molecule has 18 rings (SSSR count). The number of pyridine rings is 3. The standard InChI is InChI=1S/C33H31ClN4O6.C33H30ClN3O6.C29H23ClN4O3/c1-19-4-2-7-25-28(40)15-27-30(29(19)25)22(16-34)18-38(27)33(42)26-14-21-12-23(17-35-31(21)37-26)36-32(41)20-5-3-6-24(13-20)44-11-10-43-9-8-39;34-17-23-19-37(28-16-30(40)25-3-1-2-4-26(25)31(23)28)33(41)27-15-22-13-20(18-35-32(22)36-27)14-29(39)21-5-7-24(8-6-21)43-12-11-42-10-9-38;30-13-19-15-34(24-12-26(36)21-3-1-2-4-22(21)27(19)24)29(37)23-11-18-9-16(14-32-28(18)33-23)10-25(35)17-5-7-20(31)8-6-17/h2-7,12-15,17,22,39-40H,8-11,16,18H2,1H3,(H,35,37)(H,36,41);1-8,13,15-16,18,23,38,40H,9-12,14,17,19H2,(H,35,36);1-9,11-12,14,19,36H,10,13,15,31H2,(H,32,33)/t22-;23-;19-/m111/s1. The van der Waals surface area contributed by atoms with Crippen LogP contribution in [0.5, 0.6) is 28.7 Å². The number of Topliss-reactive ketones (excluding diaryl/α,β-unsaturated/α-hetero) is 2. The fourth-order valence-electron chi connectivity index (χ4n) is 16.4. The van der Waals surface area contributed by atoms with Crippen molar-refractivity contribution >= 4 is 164 Å². The van der Waals surface area contributed by atoms with Crippen molar-refractivity contribution in [2.45, 2.75) is 37.5 Å². The Labute approximate surface area is 724 Å². The van der Waals surface area contributed by atoms with Gasteiger partial charge in [-0.05, 0) is 160 Å². The summed E-state index contributed by atoms with van der Waals surface area (Å²) < 4.78 is 21.6. The molecular formula is C95H84Cl3N11O15. The van der Waals surface area contributed by atoms with E-state index in [1.54, 1.807) is 142 Å². The highest BCUT2D eigenvalue weighted by Gasteiger charge is 2.39. The summed E-state index contributed by atoms with van der Waals surface area (Å²) in [7, 11) is 0. The van der Waals surface area contributed by atoms with E-state index in [1.165, 1.54) is 6.20 Å². The van der Waals surface area contributed by atoms with E-state index < -0.39 is 0 Å². The van der Waals surface area contributed by atoms with Gasteiger partial charge in [-0.3, -0.25) is 28.8 Å². The molecule has 6 aromatic heterocycles. The first-order chi connectivity index (χ1) is 60.3. The molecule has 124 heavy (non-hydrogen) atoms. The second kappa shape index (κ2) is 37.1. The molecule has 0 saturated heterocycles. The first kappa shape index (κ1) is 84.2. The first-order valence-corrected chi connectivity index (χ1v) is 41.8. The van der Waals surface area contributed by atoms with Gasteiger partial charge in [-0.2, -0.15) is 0 Å². The maximum absolute atomic E-state index is 13.8. The van der Waals surface area contributed by atoms with E-state index in [1.807, 2.05) is 85.8 Å². The number of aryl methyl sites for hydroxylation is 1. The second-order valence-electron chi connectivity index (χ2n) is 30.3. The highest BCUT2D eigenvalue weighted by Crippen LogP contribution is 2.50. The van der Waals surface area contributed by atoms with Crippen LogP contribution in [-0.4, -0.2) is 181 Å². The molecule has 29 heteroatoms. The number of hydrogen-bond acceptors (Lipinski definition) is 19. The fraction of sp³-hybridized carbons (Fsp3) is 0.211. The molecule has 26 nitrogen and oxygen atoms in total. The summed E-state index contributed by atoms with van der Waals surface area (Å²) in [6.07, 6.45) is 5.13. The Morgan fingerprint density at radius 3 is 1.35 bits per heavy atom. The average Bonchev–Trinajstić information content (AvgIpc) is 1.59. The second-order valence-corrected chi connectivity index (χ2v) is 31.3. The van der Waals surface area contributed by atoms with Crippen molar-refractivity contribution < 1.29 is 73.2 Å². The number of carbonyl (C=O) groups is 6. The third-order valence-electron chi connectivity index (χ3n) is 22.2. The Bertz CT molecular complexity index is 6620. The van der Waals surface area contributed by atoms with Gasteiger partial charge in [0.1, 0.15) is 76.0 Å². The van der Waals surface area contributed by atoms with Crippen LogP contribution in [0, 0.1) is 6.92 Å². The topological polar surface area (TPSA) is 374 Å². The molecule has 0 saturated carbocycles. The molecule has 0 fully saturated rings. The van der Waals surface area contributed by atoms with Crippen molar-refractivity contribution in [3.05, 3.63) is 280 Å². The fourth-order valence-corrected chi connectivity index (χ4v) is 17.1. The van der Waals surface area contributed by atoms with Gasteiger partial charge in [0.2, 0.25) is 0 Å². The van der Waals surface area contributed by atoms with Crippen LogP contribution in [0.3, 0.4) is 0 Å². The van der Waals surface area contributed by atoms with Gasteiger partial charge in [-0.1, -0.05) is 72.8 Å². The Balaban J connectivity index is 0.000000138. The summed E-state index contributed by atoms with van der Waals surface area (Å²) >= 11 is 19.0. The number of hydrogen-bond donors (Lipinski definition) is 10. The number of anilines is 5. The molecule has 0 bridgehead atoms. The van der Waals surface area contributed by atoms with Gasteiger partial charge >= 0.3 is 0 Å². The summed E-state index contributed by atoms with van der Waals surface area (Å²) in [4.78, 5) is 107. The Morgan fingerprint density at radius 1 is 0.444 bits per heavy atom. The number of alkyl halides is 3. The molecule has 3 atom stereocenters. The number of nitrogens with two attached hydrogens (primary N) is 1. The number of aromatic hydroxyl groups is 3. The number of ketones is 2. The number of aromatic nitrogens is 6. The highest BCUT2D eigenvalue weighted by molar-refractivity contribution is 6.21. The van der Waals surface area contributed by atoms with Crippen LogP contribution in [0.15, 0.2) is 213 Å². The zero-order chi connectivity index (χ0) is 86.4. The van der Waals surface area contributed by atoms with E-state index in [9.17, 15) is 44.1 Å². The number of halogens is 3. The molecule has 9 heterocycles. The smallest absolute Gasteiger partial charge is 0.274 e. The molecule has 11 N–H and O–H groups in total. The molecular weight excluding hydrogens is 1640 g/mol. The van der Waals surface area contributed by atoms with Gasteiger partial charge in [-0.15, -0.1) is 34.8 Å². The van der Waals surface area contributed by atoms with Gasteiger partial charge in [0.15, 0.2) is 11.6 Å². The van der Waals surface area contributed by atoms with Crippen LogP contribution < -0.4 is 35.2 Å². The van der Waals surface area contributed by atoms with Crippen LogP contribution in [0.2, 0.25) is 0 Å². The number of amides is 4. The number of nitrogens with zero attached hydrogens (tertiary/aromatic N) is 6. The number of fused-ring (bicyclic) bond motifs is 12. The van der Waals surface area contributed by atoms with Crippen LogP contribution >= 0.6 is 34.8 Å². The van der Waals surface area contributed by atoms with E-state index in [4.69, 9.17) is 69.7 Å². The Kier molecular flexibility index (Phi) is 25.2. The number of ether oxygens (including phenoxy) is 4. The molecule has 3 aliphatic rings. The maximum atomic E-state index is 13.8. The number of H-pyrrole nitrogens is 3. The number of phenolic OH excluding ortho intramolecular Hbond substituents is 3. The number of aromatic amines is 3. The lowest BCUT2D eigenvalue weighted by Gasteiger charge is -2.18. The minimum Gasteiger partial charge on any atom is -0.507 e. The summed E-state index contributed by atoms with van der Waals surface area (Å²) in [5.41, 5.74) is 18.3. The highest BCUT2D eigenvalue weighted by atomic mass is 35.5. The normalized spacial score (nSPS) is 14.5. The molecule has 0 radical (unpaired) electrons. The average molecular weight is 1730 g/mol. The van der Waals surface area contributed by atoms with Gasteiger partial charge in [-0.25, -0.2) is 15.0 Å². The minimum atomic E-state index is -0.344. The third-order valence-corrected chi connectivity index (χ3v) is 23.3. The first-order valence-electron chi connectivity index (χ1n) is 40.1. The molecule has 0 unspecified atom stereocenters. The SMILES string of the molecule is Cc1cccc2c(O)cc3c(c12)[C@H](CCl)CN3C(=O)c1cc2cc(NC(=O)c3cccc(OCCOCCO)c3)cnc2[nH]1.Nc1ccc(C(=O)Cc2cnc3[nH]c(C(=O)N4C[C@@H](CCl)c5c4cc(O)c4ccccc54)cc3c2)cc1.O=C(Cc1cnc2[nH]c(C(=O)N3C[C@@H](CCl)c4c3cc(O)c3ccccc43)cc2c1)c1ccc(OCCOCCO)cc1. The number of carbonyl (C=O) groups excluding carboxylic acids is 6. The number of rotatable bonds is 26. The number of nitrogens with one attached hydrogen (secondary N) is 4. The van der Waals surface area contributed by atoms with Crippen molar-refractivity contribution in [2.75, 3.05) is 116 Å². The summed E-state index contributed by atoms with van der Waals surface area (Å²) in [5, 5.41) is 59.6. The third kappa shape index (κ3) is 17.5. The largest absolute Gasteiger partial charge is 0.507 e. The zero-order valence-electron chi connectivity index (χ0n) is 67.0. The zero-order valence-corrected chi connectivity index (χ0v) is 69.2. The van der Waals surface area contributed by atoms with Crippen LogP contribution in [0.25, 0.3) is 65.4 Å². The molecule has 0 spiro atoms. The van der Waals surface area contributed by atoms with Crippen LogP contribution in [0.1, 0.15) is 114 Å². The van der Waals surface area contributed by atoms with E-state index >= 15 is 0 Å². The van der Waals surface area contributed by atoms with Crippen molar-refractivity contribution in [1.29, 1.82) is 0 Å². The maximum Gasteiger partial charge on any atom is 0.274 e. The molecule has 630 valence electrons. The van der Waals surface area contributed by atoms with Crippen molar-refractivity contribution in [2.24, 2.45) is 0 Å². The monoisotopic (exact) mass is 1720 g/mol. The summed E-state index contributed by atoms with van der Waals surface area (Å²) in [5.74, 6) is 1.08. The lowest BCUT2D eigenvalue weighted by Crippen LogP contribution is -2.30. The number of benzene rings is 9. The van der Waals surface area contributed by atoms with E-state index in [0.29, 0.717) is 153 Å². The number of nitrogen functional groups attached to an aromatic ring is 1. The quantitative estimate of drug-likeness (QED) is 0.0104. The predicted octanol–water partition coefficient (Wildman–Crippen LogP) is 16.0. The minimum absolute atomic E-state index is 0.0321. The van der Waals surface area contributed by atoms with Crippen molar-refractivity contribution in [3.8, 4) is 28.7 Å². The van der Waals surface area contributed by atoms with Gasteiger partial charge in [0, 0.05) is 153 Å². The molecule has 4 amide bonds. The number of aliphatic hydroxyl groups excluding tert-OH is 2. The Hall–Kier alpha value is -13.4. The summed E-state index contributed by atoms with van der Waals surface area (Å²) in [6, 6.07) is 57.0. The lowest BCUT2D eigenvalue weighted by atomic mass is 9.92. The van der Waals surface area contributed by atoms with Crippen molar-refractivity contribution in [1.82, 2.24) is 29.9 Å². The van der Waals surface area contributed by atoms with Gasteiger partial charge in [0.05, 0.1) is 68.6 Å². The van der Waals surface area contributed by atoms with Crippen molar-refractivity contribution in [3.63, 3.8) is 0 Å². The van der Waals surface area contributed by atoms with Gasteiger partial charge in [0.25, 0.3) is 23.6 Å². The predicted molar refractivity (Wildman–Crippen MR) is 480 cm³/mol. The Morgan fingerprint density at radius 2 is 0.863 bits per heavy atom. The number of aliphatic hydroxyl groups is 2. The van der Waals surface area contributed by atoms with E-state index in [2.05, 4.69) is 35.2 Å². The van der Waals surface area contributed by atoms with E-state index in [-0.39, 0.29) is 116 Å². The van der Waals surface area contributed by atoms with Crippen LogP contribution in [0.4, 0.5) is 28.4 Å². The van der Waals surface area contributed by atoms with Gasteiger partial charge < -0.3 is 85.2 Å². The molecule has 15 aromatic rings. The van der Waals surface area contributed by atoms with Crippen LogP contribution in [-0.2, 0) is 22.3 Å². The summed E-state index contributed by atoms with van der Waals surface area (Å²) in [6.45, 7) is 4.91. The van der Waals surface area contributed by atoms with E-state index in [0.717, 1.165) is 76.5 Å². The lowest BCUT2D eigenvalue weighted by molar-refractivity contribution is 0.0705. The molecule has 0 aliphatic carbocycles. The molecule has 9 aromatic carbocycles. The number of phenols is 3. The molecule has 3 aliphatic heterocycles.